The van der Waals surface area contributed by atoms with E-state index in [0.717, 1.165) is 11.1 Å². The van der Waals surface area contributed by atoms with Crippen molar-refractivity contribution in [2.75, 3.05) is 20.3 Å². The molecule has 0 unspecified atom stereocenters. The summed E-state index contributed by atoms with van der Waals surface area (Å²) in [5.41, 5.74) is 1.97. The van der Waals surface area contributed by atoms with Gasteiger partial charge in [0.05, 0.1) is 7.11 Å². The van der Waals surface area contributed by atoms with Crippen molar-refractivity contribution >= 4 is 17.3 Å². The number of hydrogen-bond acceptors (Lipinski definition) is 6. The quantitative estimate of drug-likeness (QED) is 0.845. The van der Waals surface area contributed by atoms with Crippen LogP contribution in [0.1, 0.15) is 20.8 Å². The molecule has 0 spiro atoms. The molecule has 0 aliphatic carbocycles. The van der Waals surface area contributed by atoms with E-state index in [1.165, 1.54) is 11.3 Å². The lowest BCUT2D eigenvalue weighted by molar-refractivity contribution is 0.0702. The van der Waals surface area contributed by atoms with Gasteiger partial charge in [-0.3, -0.25) is 0 Å². The summed E-state index contributed by atoms with van der Waals surface area (Å²) in [6.07, 6.45) is 0. The maximum Gasteiger partial charge on any atom is 0.345 e. The van der Waals surface area contributed by atoms with Crippen LogP contribution in [-0.2, 0) is 13.1 Å². The Morgan fingerprint density at radius 3 is 2.78 bits per heavy atom. The number of carboxylic acids is 1. The third-order valence-electron chi connectivity index (χ3n) is 3.41. The van der Waals surface area contributed by atoms with Gasteiger partial charge in [-0.1, -0.05) is 0 Å². The highest BCUT2D eigenvalue weighted by molar-refractivity contribution is 7.12. The second kappa shape index (κ2) is 6.89. The summed E-state index contributed by atoms with van der Waals surface area (Å²) < 4.78 is 16.5. The Labute approximate surface area is 137 Å². The molecule has 122 valence electrons. The van der Waals surface area contributed by atoms with Gasteiger partial charge in [-0.2, -0.15) is 0 Å². The average Bonchev–Trinajstić information content (AvgIpc) is 3.03. The molecule has 0 atom stereocenters. The van der Waals surface area contributed by atoms with E-state index < -0.39 is 5.97 Å². The van der Waals surface area contributed by atoms with Crippen LogP contribution in [0.2, 0.25) is 0 Å². The lowest BCUT2D eigenvalue weighted by atomic mass is 10.1. The maximum atomic E-state index is 10.9. The molecule has 1 aromatic heterocycles. The average molecular weight is 335 g/mol. The molecule has 0 bridgehead atoms. The van der Waals surface area contributed by atoms with Crippen molar-refractivity contribution in [3.8, 4) is 17.2 Å². The topological polar surface area (TPSA) is 77.0 Å². The van der Waals surface area contributed by atoms with Gasteiger partial charge in [-0.05, 0) is 34.7 Å². The minimum absolute atomic E-state index is 0.350. The number of hydrogen-bond donors (Lipinski definition) is 2. The zero-order chi connectivity index (χ0) is 16.2. The van der Waals surface area contributed by atoms with E-state index in [0.29, 0.717) is 48.4 Å². The smallest absolute Gasteiger partial charge is 0.345 e. The molecule has 0 saturated carbocycles. The SMILES string of the molecule is COc1cc(CNCc2csc(C(=O)O)c2)cc2c1OCCO2. The second-order valence-corrected chi connectivity index (χ2v) is 5.96. The minimum atomic E-state index is -0.891. The molecule has 23 heavy (non-hydrogen) atoms. The van der Waals surface area contributed by atoms with Crippen molar-refractivity contribution in [2.45, 2.75) is 13.1 Å². The molecule has 0 radical (unpaired) electrons. The number of rotatable bonds is 6. The molecular weight excluding hydrogens is 318 g/mol. The fourth-order valence-electron chi connectivity index (χ4n) is 2.36. The number of methoxy groups -OCH3 is 1. The molecule has 1 aliphatic heterocycles. The van der Waals surface area contributed by atoms with Crippen LogP contribution in [0.25, 0.3) is 0 Å². The Morgan fingerprint density at radius 2 is 2.04 bits per heavy atom. The van der Waals surface area contributed by atoms with Gasteiger partial charge in [0.2, 0.25) is 5.75 Å². The van der Waals surface area contributed by atoms with E-state index in [4.69, 9.17) is 19.3 Å². The van der Waals surface area contributed by atoms with E-state index in [1.807, 2.05) is 17.5 Å². The second-order valence-electron chi connectivity index (χ2n) is 5.05. The van der Waals surface area contributed by atoms with Crippen LogP contribution in [0.3, 0.4) is 0 Å². The van der Waals surface area contributed by atoms with E-state index in [-0.39, 0.29) is 0 Å². The third kappa shape index (κ3) is 3.57. The van der Waals surface area contributed by atoms with Crippen molar-refractivity contribution in [1.29, 1.82) is 0 Å². The normalized spacial score (nSPS) is 12.9. The van der Waals surface area contributed by atoms with Crippen LogP contribution in [-0.4, -0.2) is 31.4 Å². The van der Waals surface area contributed by atoms with E-state index in [9.17, 15) is 4.79 Å². The fourth-order valence-corrected chi connectivity index (χ4v) is 3.11. The van der Waals surface area contributed by atoms with Gasteiger partial charge >= 0.3 is 5.97 Å². The number of benzene rings is 1. The van der Waals surface area contributed by atoms with E-state index >= 15 is 0 Å². The molecule has 2 heterocycles. The van der Waals surface area contributed by atoms with Crippen molar-refractivity contribution in [3.63, 3.8) is 0 Å². The Bertz CT molecular complexity index is 695. The largest absolute Gasteiger partial charge is 0.493 e. The van der Waals surface area contributed by atoms with Crippen molar-refractivity contribution in [2.24, 2.45) is 0 Å². The Balaban J connectivity index is 1.64. The lowest BCUT2D eigenvalue weighted by Crippen LogP contribution is -2.17. The summed E-state index contributed by atoms with van der Waals surface area (Å²) in [7, 11) is 1.60. The first kappa shape index (κ1) is 15.6. The number of fused-ring (bicyclic) bond motifs is 1. The predicted octanol–water partition coefficient (Wildman–Crippen LogP) is 2.52. The monoisotopic (exact) mass is 335 g/mol. The van der Waals surface area contributed by atoms with Crippen LogP contribution >= 0.6 is 11.3 Å². The molecule has 0 saturated heterocycles. The highest BCUT2D eigenvalue weighted by Gasteiger charge is 2.18. The summed E-state index contributed by atoms with van der Waals surface area (Å²) in [6, 6.07) is 5.53. The predicted molar refractivity (Wildman–Crippen MR) is 85.8 cm³/mol. The van der Waals surface area contributed by atoms with Gasteiger partial charge < -0.3 is 24.6 Å². The van der Waals surface area contributed by atoms with Crippen LogP contribution in [0.15, 0.2) is 23.6 Å². The van der Waals surface area contributed by atoms with Crippen LogP contribution < -0.4 is 19.5 Å². The molecule has 2 N–H and O–H groups in total. The summed E-state index contributed by atoms with van der Waals surface area (Å²) >= 11 is 1.23. The summed E-state index contributed by atoms with van der Waals surface area (Å²) in [5, 5.41) is 14.1. The Kier molecular flexibility index (Phi) is 4.68. The third-order valence-corrected chi connectivity index (χ3v) is 4.38. The first-order valence-electron chi connectivity index (χ1n) is 7.15. The molecule has 1 aromatic carbocycles. The first-order chi connectivity index (χ1) is 11.2. The number of ether oxygens (including phenoxy) is 3. The summed E-state index contributed by atoms with van der Waals surface area (Å²) in [4.78, 5) is 11.2. The number of aromatic carboxylic acids is 1. The number of carboxylic acid groups (broad SMARTS) is 1. The molecule has 2 aromatic rings. The van der Waals surface area contributed by atoms with Crippen LogP contribution in [0.5, 0.6) is 17.2 Å². The summed E-state index contributed by atoms with van der Waals surface area (Å²) in [6.45, 7) is 2.26. The van der Waals surface area contributed by atoms with Crippen LogP contribution in [0.4, 0.5) is 0 Å². The van der Waals surface area contributed by atoms with Gasteiger partial charge in [0, 0.05) is 13.1 Å². The first-order valence-corrected chi connectivity index (χ1v) is 8.03. The van der Waals surface area contributed by atoms with Crippen molar-refractivity contribution in [1.82, 2.24) is 5.32 Å². The molecule has 7 heteroatoms. The summed E-state index contributed by atoms with van der Waals surface area (Å²) in [5.74, 6) is 1.10. The zero-order valence-corrected chi connectivity index (χ0v) is 13.4. The van der Waals surface area contributed by atoms with Gasteiger partial charge in [0.25, 0.3) is 0 Å². The Hall–Kier alpha value is -2.25. The molecular formula is C16H17NO5S. The molecule has 0 fully saturated rings. The van der Waals surface area contributed by atoms with Gasteiger partial charge in [-0.15, -0.1) is 11.3 Å². The molecule has 6 nitrogen and oxygen atoms in total. The van der Waals surface area contributed by atoms with Gasteiger partial charge in [-0.25, -0.2) is 4.79 Å². The van der Waals surface area contributed by atoms with Crippen molar-refractivity contribution < 1.29 is 24.1 Å². The number of nitrogens with one attached hydrogen (secondary N) is 1. The standard InChI is InChI=1S/C16H17NO5S/c1-20-12-4-10(5-13-15(12)22-3-2-21-13)7-17-8-11-6-14(16(18)19)23-9-11/h4-6,9,17H,2-3,7-8H2,1H3,(H,18,19). The van der Waals surface area contributed by atoms with Crippen LogP contribution in [0, 0.1) is 0 Å². The van der Waals surface area contributed by atoms with E-state index in [2.05, 4.69) is 5.32 Å². The molecule has 3 rings (SSSR count). The highest BCUT2D eigenvalue weighted by atomic mass is 32.1. The number of thiophene rings is 1. The fraction of sp³-hybridized carbons (Fsp3) is 0.312. The molecule has 1 aliphatic rings. The highest BCUT2D eigenvalue weighted by Crippen LogP contribution is 2.40. The van der Waals surface area contributed by atoms with Crippen molar-refractivity contribution in [3.05, 3.63) is 39.6 Å². The zero-order valence-electron chi connectivity index (χ0n) is 12.6. The van der Waals surface area contributed by atoms with Gasteiger partial charge in [0.15, 0.2) is 11.5 Å². The van der Waals surface area contributed by atoms with E-state index in [1.54, 1.807) is 13.2 Å². The Morgan fingerprint density at radius 1 is 1.26 bits per heavy atom. The minimum Gasteiger partial charge on any atom is -0.493 e. The number of carbonyl (C=O) groups is 1. The maximum absolute atomic E-state index is 10.9. The lowest BCUT2D eigenvalue weighted by Gasteiger charge is -2.21. The van der Waals surface area contributed by atoms with Gasteiger partial charge in [0.1, 0.15) is 18.1 Å². The molecule has 0 amide bonds.